The normalized spacial score (nSPS) is 19.5. The molecule has 0 aliphatic carbocycles. The minimum Gasteiger partial charge on any atom is -0.491 e. The Hall–Kier alpha value is -3.50. The van der Waals surface area contributed by atoms with E-state index >= 15 is 0 Å². The Morgan fingerprint density at radius 2 is 1.56 bits per heavy atom. The number of ether oxygens (including phenoxy) is 3. The van der Waals surface area contributed by atoms with Crippen LogP contribution in [0.3, 0.4) is 0 Å². The van der Waals surface area contributed by atoms with E-state index in [0.29, 0.717) is 23.3 Å². The number of aromatic nitrogens is 3. The van der Waals surface area contributed by atoms with E-state index in [0.717, 1.165) is 61.0 Å². The summed E-state index contributed by atoms with van der Waals surface area (Å²) in [7, 11) is 0. The molecule has 6 rings (SSSR count). The summed E-state index contributed by atoms with van der Waals surface area (Å²) >= 11 is 12.3. The van der Waals surface area contributed by atoms with Crippen molar-refractivity contribution < 1.29 is 14.2 Å². The van der Waals surface area contributed by atoms with Crippen molar-refractivity contribution in [2.45, 2.75) is 38.7 Å². The SMILES string of the molecule is CCC(C)n1ncn(-c2ccc(N3CCN(c4ccc(OCC5COC(c6ccc(Cl)cc6Cl)O5)cc4)CC3)cc2)c1=O. The van der Waals surface area contributed by atoms with Crippen molar-refractivity contribution in [3.05, 3.63) is 99.2 Å². The standard InChI is InChI=1S/C32H35Cl2N5O4/c1-3-22(2)39-32(40)38(21-35-39)26-7-5-24(6-8-26)36-14-16-37(17-15-36)25-9-11-27(12-10-25)41-19-28-20-42-31(43-28)29-13-4-23(33)18-30(29)34/h4-13,18,21-22,28,31H,3,14-17,19-20H2,1-2H3. The van der Waals surface area contributed by atoms with Crippen molar-refractivity contribution in [3.8, 4) is 11.4 Å². The highest BCUT2D eigenvalue weighted by Crippen LogP contribution is 2.33. The van der Waals surface area contributed by atoms with Gasteiger partial charge in [-0.15, -0.1) is 0 Å². The number of halogens is 2. The lowest BCUT2D eigenvalue weighted by Crippen LogP contribution is -2.46. The summed E-state index contributed by atoms with van der Waals surface area (Å²) in [5.74, 6) is 0.785. The highest BCUT2D eigenvalue weighted by molar-refractivity contribution is 6.35. The lowest BCUT2D eigenvalue weighted by atomic mass is 10.2. The molecule has 1 aromatic heterocycles. The summed E-state index contributed by atoms with van der Waals surface area (Å²) in [5, 5.41) is 5.38. The van der Waals surface area contributed by atoms with Crippen LogP contribution in [0.15, 0.2) is 77.9 Å². The largest absolute Gasteiger partial charge is 0.491 e. The fourth-order valence-corrected chi connectivity index (χ4v) is 5.85. The number of anilines is 2. The second-order valence-corrected chi connectivity index (χ2v) is 11.7. The van der Waals surface area contributed by atoms with E-state index in [2.05, 4.69) is 39.2 Å². The molecule has 226 valence electrons. The topological polar surface area (TPSA) is 74.0 Å². The fraction of sp³-hybridized carbons (Fsp3) is 0.375. The summed E-state index contributed by atoms with van der Waals surface area (Å²) in [4.78, 5) is 17.5. The Labute approximate surface area is 261 Å². The molecule has 4 aromatic rings. The van der Waals surface area contributed by atoms with E-state index in [4.69, 9.17) is 37.4 Å². The number of hydrogen-bond acceptors (Lipinski definition) is 7. The molecule has 0 spiro atoms. The van der Waals surface area contributed by atoms with E-state index in [1.807, 2.05) is 44.2 Å². The van der Waals surface area contributed by atoms with Crippen LogP contribution in [0.25, 0.3) is 5.69 Å². The maximum absolute atomic E-state index is 12.7. The Bertz CT molecular complexity index is 1580. The summed E-state index contributed by atoms with van der Waals surface area (Å²) < 4.78 is 20.9. The first-order valence-electron chi connectivity index (χ1n) is 14.6. The Morgan fingerprint density at radius 1 is 0.930 bits per heavy atom. The second-order valence-electron chi connectivity index (χ2n) is 10.9. The molecule has 2 aliphatic rings. The average Bonchev–Trinajstić information content (AvgIpc) is 3.67. The first-order chi connectivity index (χ1) is 20.9. The molecule has 9 nitrogen and oxygen atoms in total. The molecule has 2 saturated heterocycles. The molecule has 3 atom stereocenters. The van der Waals surface area contributed by atoms with E-state index in [-0.39, 0.29) is 17.8 Å². The van der Waals surface area contributed by atoms with Crippen molar-refractivity contribution in [3.63, 3.8) is 0 Å². The third-order valence-corrected chi connectivity index (χ3v) is 8.64. The van der Waals surface area contributed by atoms with E-state index in [1.54, 1.807) is 27.7 Å². The maximum Gasteiger partial charge on any atom is 0.350 e. The molecule has 43 heavy (non-hydrogen) atoms. The number of rotatable bonds is 9. The first kappa shape index (κ1) is 29.6. The highest BCUT2D eigenvalue weighted by Gasteiger charge is 2.29. The molecule has 0 amide bonds. The summed E-state index contributed by atoms with van der Waals surface area (Å²) in [6.07, 6.45) is 1.74. The molecule has 0 radical (unpaired) electrons. The van der Waals surface area contributed by atoms with Crippen LogP contribution in [0.1, 0.15) is 38.2 Å². The van der Waals surface area contributed by atoms with Crippen LogP contribution in [0.2, 0.25) is 10.0 Å². The lowest BCUT2D eigenvalue weighted by Gasteiger charge is -2.37. The van der Waals surface area contributed by atoms with Crippen molar-refractivity contribution >= 4 is 34.6 Å². The van der Waals surface area contributed by atoms with E-state index in [9.17, 15) is 4.79 Å². The van der Waals surface area contributed by atoms with Gasteiger partial charge in [0.15, 0.2) is 6.29 Å². The molecular formula is C32H35Cl2N5O4. The van der Waals surface area contributed by atoms with Crippen molar-refractivity contribution in [2.75, 3.05) is 49.2 Å². The number of benzene rings is 3. The van der Waals surface area contributed by atoms with Gasteiger partial charge < -0.3 is 24.0 Å². The lowest BCUT2D eigenvalue weighted by molar-refractivity contribution is -0.0658. The van der Waals surface area contributed by atoms with Gasteiger partial charge in [0.05, 0.1) is 23.4 Å². The number of piperazine rings is 1. The van der Waals surface area contributed by atoms with Gasteiger partial charge in [-0.3, -0.25) is 0 Å². The van der Waals surface area contributed by atoms with Gasteiger partial charge in [0.25, 0.3) is 0 Å². The molecule has 3 heterocycles. The van der Waals surface area contributed by atoms with Crippen LogP contribution in [0, 0.1) is 0 Å². The Morgan fingerprint density at radius 3 is 2.19 bits per heavy atom. The van der Waals surface area contributed by atoms with Gasteiger partial charge in [-0.1, -0.05) is 36.2 Å². The zero-order valence-corrected chi connectivity index (χ0v) is 25.7. The van der Waals surface area contributed by atoms with Gasteiger partial charge in [-0.05, 0) is 74.0 Å². The Balaban J connectivity index is 0.981. The van der Waals surface area contributed by atoms with Crippen LogP contribution >= 0.6 is 23.2 Å². The van der Waals surface area contributed by atoms with Gasteiger partial charge in [0.1, 0.15) is 24.8 Å². The summed E-state index contributed by atoms with van der Waals surface area (Å²) in [6, 6.07) is 21.7. The smallest absolute Gasteiger partial charge is 0.350 e. The predicted molar refractivity (Wildman–Crippen MR) is 169 cm³/mol. The fourth-order valence-electron chi connectivity index (χ4n) is 5.35. The van der Waals surface area contributed by atoms with Gasteiger partial charge >= 0.3 is 5.69 Å². The van der Waals surface area contributed by atoms with Crippen molar-refractivity contribution in [1.82, 2.24) is 14.3 Å². The highest BCUT2D eigenvalue weighted by atomic mass is 35.5. The summed E-state index contributed by atoms with van der Waals surface area (Å²) in [6.45, 7) is 8.48. The van der Waals surface area contributed by atoms with E-state index < -0.39 is 6.29 Å². The second kappa shape index (κ2) is 13.0. The Kier molecular flexibility index (Phi) is 8.95. The molecule has 0 saturated carbocycles. The van der Waals surface area contributed by atoms with Gasteiger partial charge in [-0.2, -0.15) is 5.10 Å². The molecule has 2 aliphatic heterocycles. The minimum atomic E-state index is -0.526. The van der Waals surface area contributed by atoms with Crippen molar-refractivity contribution in [2.24, 2.45) is 0 Å². The van der Waals surface area contributed by atoms with Crippen LogP contribution in [-0.2, 0) is 9.47 Å². The molecule has 11 heteroatoms. The van der Waals surface area contributed by atoms with Crippen LogP contribution in [-0.4, -0.2) is 59.8 Å². The third kappa shape index (κ3) is 6.55. The molecule has 3 aromatic carbocycles. The van der Waals surface area contributed by atoms with Crippen LogP contribution in [0.5, 0.6) is 5.75 Å². The van der Waals surface area contributed by atoms with Gasteiger partial charge in [-0.25, -0.2) is 14.0 Å². The summed E-state index contributed by atoms with van der Waals surface area (Å²) in [5.41, 5.74) is 3.78. The average molecular weight is 625 g/mol. The monoisotopic (exact) mass is 623 g/mol. The predicted octanol–water partition coefficient (Wildman–Crippen LogP) is 6.13. The van der Waals surface area contributed by atoms with Crippen molar-refractivity contribution in [1.29, 1.82) is 0 Å². The quantitative estimate of drug-likeness (QED) is 0.222. The molecular weight excluding hydrogens is 589 g/mol. The zero-order chi connectivity index (χ0) is 29.9. The number of nitrogens with zero attached hydrogens (tertiary/aromatic N) is 5. The van der Waals surface area contributed by atoms with Crippen LogP contribution in [0.4, 0.5) is 11.4 Å². The minimum absolute atomic E-state index is 0.0737. The molecule has 2 fully saturated rings. The van der Waals surface area contributed by atoms with Crippen LogP contribution < -0.4 is 20.2 Å². The third-order valence-electron chi connectivity index (χ3n) is 8.08. The van der Waals surface area contributed by atoms with Gasteiger partial charge in [0, 0.05) is 48.1 Å². The number of hydrogen-bond donors (Lipinski definition) is 0. The molecule has 0 N–H and O–H groups in total. The van der Waals surface area contributed by atoms with Gasteiger partial charge in [0.2, 0.25) is 0 Å². The zero-order valence-electron chi connectivity index (χ0n) is 24.2. The maximum atomic E-state index is 12.7. The molecule has 0 bridgehead atoms. The molecule has 3 unspecified atom stereocenters. The first-order valence-corrected chi connectivity index (χ1v) is 15.4. The van der Waals surface area contributed by atoms with E-state index in [1.165, 1.54) is 0 Å².